The Kier molecular flexibility index (Phi) is 5.89. The summed E-state index contributed by atoms with van der Waals surface area (Å²) >= 11 is 1.58. The van der Waals surface area contributed by atoms with Gasteiger partial charge < -0.3 is 10.6 Å². The van der Waals surface area contributed by atoms with Gasteiger partial charge in [0.25, 0.3) is 0 Å². The van der Waals surface area contributed by atoms with E-state index < -0.39 is 0 Å². The number of fused-ring (bicyclic) bond motifs is 1. The summed E-state index contributed by atoms with van der Waals surface area (Å²) in [5, 5.41) is 8.43. The molecule has 2 aromatic rings. The molecule has 3 nitrogen and oxygen atoms in total. The third kappa shape index (κ3) is 4.54. The van der Waals surface area contributed by atoms with Gasteiger partial charge in [-0.25, -0.2) is 0 Å². The second-order valence-electron chi connectivity index (χ2n) is 4.60. The van der Waals surface area contributed by atoms with Crippen molar-refractivity contribution < 1.29 is 4.79 Å². The number of thioether (sulfide) groups is 1. The molecule has 2 rings (SSSR count). The van der Waals surface area contributed by atoms with Crippen molar-refractivity contribution >= 4 is 28.4 Å². The summed E-state index contributed by atoms with van der Waals surface area (Å²) in [4.78, 5) is 12.8. The second-order valence-corrected chi connectivity index (χ2v) is 5.65. The zero-order chi connectivity index (χ0) is 14.2. The largest absolute Gasteiger partial charge is 0.355 e. The highest BCUT2D eigenvalue weighted by Gasteiger charge is 2.03. The number of rotatable bonds is 7. The quantitative estimate of drug-likeness (QED) is 0.608. The molecule has 0 aliphatic rings. The molecule has 0 aromatic heterocycles. The van der Waals surface area contributed by atoms with Crippen LogP contribution in [0.4, 0.5) is 0 Å². The molecule has 0 saturated heterocycles. The van der Waals surface area contributed by atoms with Crippen LogP contribution in [0.5, 0.6) is 0 Å². The minimum Gasteiger partial charge on any atom is -0.355 e. The van der Waals surface area contributed by atoms with E-state index in [0.717, 1.165) is 24.4 Å². The monoisotopic (exact) mass is 288 g/mol. The zero-order valence-electron chi connectivity index (χ0n) is 11.7. The van der Waals surface area contributed by atoms with Crippen LogP contribution >= 0.6 is 11.8 Å². The maximum absolute atomic E-state index is 11.7. The number of carbonyl (C=O) groups excluding carboxylic acids is 1. The van der Waals surface area contributed by atoms with Crippen molar-refractivity contribution in [2.75, 3.05) is 25.9 Å². The van der Waals surface area contributed by atoms with E-state index in [2.05, 4.69) is 41.0 Å². The molecule has 0 heterocycles. The standard InChI is InChI=1S/C16H20N2OS/c1-17-9-4-10-18-16(19)12-20-15-8-7-13-5-2-3-6-14(13)11-15/h2-3,5-8,11,17H,4,9-10,12H2,1H3,(H,18,19). The lowest BCUT2D eigenvalue weighted by atomic mass is 10.1. The molecule has 0 radical (unpaired) electrons. The molecule has 0 aliphatic carbocycles. The molecule has 0 fully saturated rings. The summed E-state index contributed by atoms with van der Waals surface area (Å²) in [6, 6.07) is 14.6. The average Bonchev–Trinajstić information content (AvgIpc) is 2.49. The molecule has 20 heavy (non-hydrogen) atoms. The lowest BCUT2D eigenvalue weighted by Crippen LogP contribution is -2.27. The first kappa shape index (κ1) is 14.9. The summed E-state index contributed by atoms with van der Waals surface area (Å²) < 4.78 is 0. The first-order valence-corrected chi connectivity index (χ1v) is 7.81. The summed E-state index contributed by atoms with van der Waals surface area (Å²) in [7, 11) is 1.91. The van der Waals surface area contributed by atoms with Crippen molar-refractivity contribution in [3.8, 4) is 0 Å². The molecule has 0 atom stereocenters. The molecule has 0 saturated carbocycles. The SMILES string of the molecule is CNCCCNC(=O)CSc1ccc2ccccc2c1. The molecule has 4 heteroatoms. The number of amides is 1. The van der Waals surface area contributed by atoms with Gasteiger partial charge in [0.15, 0.2) is 0 Å². The van der Waals surface area contributed by atoms with Gasteiger partial charge >= 0.3 is 0 Å². The van der Waals surface area contributed by atoms with E-state index in [0.29, 0.717) is 5.75 Å². The van der Waals surface area contributed by atoms with Gasteiger partial charge in [0.05, 0.1) is 5.75 Å². The normalized spacial score (nSPS) is 10.7. The van der Waals surface area contributed by atoms with Gasteiger partial charge in [0.2, 0.25) is 5.91 Å². The van der Waals surface area contributed by atoms with Gasteiger partial charge in [-0.05, 0) is 42.9 Å². The summed E-state index contributed by atoms with van der Waals surface area (Å²) in [5.41, 5.74) is 0. The highest BCUT2D eigenvalue weighted by atomic mass is 32.2. The Bertz CT molecular complexity index is 571. The lowest BCUT2D eigenvalue weighted by molar-refractivity contribution is -0.118. The van der Waals surface area contributed by atoms with Crippen molar-refractivity contribution in [3.63, 3.8) is 0 Å². The molecular formula is C16H20N2OS. The smallest absolute Gasteiger partial charge is 0.230 e. The van der Waals surface area contributed by atoms with E-state index in [1.165, 1.54) is 10.8 Å². The molecule has 0 spiro atoms. The van der Waals surface area contributed by atoms with Crippen LogP contribution in [0, 0.1) is 0 Å². The Balaban J connectivity index is 1.81. The van der Waals surface area contributed by atoms with Gasteiger partial charge in [0.1, 0.15) is 0 Å². The molecule has 1 amide bonds. The third-order valence-electron chi connectivity index (χ3n) is 3.02. The van der Waals surface area contributed by atoms with E-state index in [4.69, 9.17) is 0 Å². The molecule has 0 aliphatic heterocycles. The molecule has 106 valence electrons. The minimum atomic E-state index is 0.0965. The fraction of sp³-hybridized carbons (Fsp3) is 0.312. The van der Waals surface area contributed by atoms with Gasteiger partial charge in [0, 0.05) is 11.4 Å². The topological polar surface area (TPSA) is 41.1 Å². The molecular weight excluding hydrogens is 268 g/mol. The first-order chi connectivity index (χ1) is 9.79. The predicted molar refractivity (Wildman–Crippen MR) is 86.2 cm³/mol. The van der Waals surface area contributed by atoms with Crippen LogP contribution in [-0.4, -0.2) is 31.8 Å². The van der Waals surface area contributed by atoms with E-state index in [9.17, 15) is 4.79 Å². The highest BCUT2D eigenvalue weighted by molar-refractivity contribution is 8.00. The summed E-state index contributed by atoms with van der Waals surface area (Å²) in [6.45, 7) is 1.66. The Morgan fingerprint density at radius 3 is 2.70 bits per heavy atom. The third-order valence-corrected chi connectivity index (χ3v) is 4.01. The van der Waals surface area contributed by atoms with Crippen LogP contribution in [-0.2, 0) is 4.79 Å². The molecule has 2 N–H and O–H groups in total. The van der Waals surface area contributed by atoms with Gasteiger partial charge in [-0.15, -0.1) is 11.8 Å². The molecule has 0 bridgehead atoms. The average molecular weight is 288 g/mol. The zero-order valence-corrected chi connectivity index (χ0v) is 12.5. The van der Waals surface area contributed by atoms with Crippen molar-refractivity contribution in [1.82, 2.24) is 10.6 Å². The number of hydrogen-bond acceptors (Lipinski definition) is 3. The van der Waals surface area contributed by atoms with E-state index >= 15 is 0 Å². The maximum atomic E-state index is 11.7. The number of carbonyl (C=O) groups is 1. The second kappa shape index (κ2) is 7.92. The van der Waals surface area contributed by atoms with Crippen LogP contribution in [0.25, 0.3) is 10.8 Å². The van der Waals surface area contributed by atoms with Gasteiger partial charge in [-0.1, -0.05) is 30.3 Å². The lowest BCUT2D eigenvalue weighted by Gasteiger charge is -2.06. The number of nitrogens with one attached hydrogen (secondary N) is 2. The Labute approximate surface area is 124 Å². The maximum Gasteiger partial charge on any atom is 0.230 e. The van der Waals surface area contributed by atoms with Crippen LogP contribution in [0.3, 0.4) is 0 Å². The number of benzene rings is 2. The summed E-state index contributed by atoms with van der Waals surface area (Å²) in [5.74, 6) is 0.567. The highest BCUT2D eigenvalue weighted by Crippen LogP contribution is 2.23. The van der Waals surface area contributed by atoms with Gasteiger partial charge in [-0.2, -0.15) is 0 Å². The van der Waals surface area contributed by atoms with Crippen LogP contribution in [0.15, 0.2) is 47.4 Å². The van der Waals surface area contributed by atoms with Crippen molar-refractivity contribution in [1.29, 1.82) is 0 Å². The number of hydrogen-bond donors (Lipinski definition) is 2. The Morgan fingerprint density at radius 2 is 1.90 bits per heavy atom. The Hall–Kier alpha value is -1.52. The van der Waals surface area contributed by atoms with Crippen molar-refractivity contribution in [3.05, 3.63) is 42.5 Å². The predicted octanol–water partition coefficient (Wildman–Crippen LogP) is 2.66. The molecule has 2 aromatic carbocycles. The Morgan fingerprint density at radius 1 is 1.10 bits per heavy atom. The fourth-order valence-electron chi connectivity index (χ4n) is 1.95. The van der Waals surface area contributed by atoms with Crippen molar-refractivity contribution in [2.24, 2.45) is 0 Å². The van der Waals surface area contributed by atoms with E-state index in [1.54, 1.807) is 11.8 Å². The fourth-order valence-corrected chi connectivity index (χ4v) is 2.72. The van der Waals surface area contributed by atoms with Crippen molar-refractivity contribution in [2.45, 2.75) is 11.3 Å². The van der Waals surface area contributed by atoms with Gasteiger partial charge in [-0.3, -0.25) is 4.79 Å². The summed E-state index contributed by atoms with van der Waals surface area (Å²) in [6.07, 6.45) is 0.961. The van der Waals surface area contributed by atoms with E-state index in [1.807, 2.05) is 19.2 Å². The van der Waals surface area contributed by atoms with Crippen LogP contribution in [0.2, 0.25) is 0 Å². The van der Waals surface area contributed by atoms with Crippen LogP contribution < -0.4 is 10.6 Å². The minimum absolute atomic E-state index is 0.0965. The molecule has 0 unspecified atom stereocenters. The first-order valence-electron chi connectivity index (χ1n) is 6.82. The van der Waals surface area contributed by atoms with E-state index in [-0.39, 0.29) is 5.91 Å². The van der Waals surface area contributed by atoms with Crippen LogP contribution in [0.1, 0.15) is 6.42 Å².